The summed E-state index contributed by atoms with van der Waals surface area (Å²) in [7, 11) is 0. The van der Waals surface area contributed by atoms with Crippen molar-refractivity contribution in [3.63, 3.8) is 0 Å². The molecule has 1 fully saturated rings. The van der Waals surface area contributed by atoms with Crippen LogP contribution in [-0.2, 0) is 15.1 Å². The molecule has 9 nitrogen and oxygen atoms in total. The first-order valence-electron chi connectivity index (χ1n) is 7.41. The molecule has 1 saturated heterocycles. The van der Waals surface area contributed by atoms with Crippen LogP contribution in [0, 0.1) is 5.92 Å². The minimum atomic E-state index is -1.63. The van der Waals surface area contributed by atoms with Crippen LogP contribution in [0.3, 0.4) is 0 Å². The number of aliphatic imine (C=N–C) groups is 1. The van der Waals surface area contributed by atoms with Gasteiger partial charge in [-0.05, 0) is 29.3 Å². The second-order valence-electron chi connectivity index (χ2n) is 6.13. The third-order valence-electron chi connectivity index (χ3n) is 4.33. The Morgan fingerprint density at radius 3 is 2.69 bits per heavy atom. The summed E-state index contributed by atoms with van der Waals surface area (Å²) in [6.07, 6.45) is -2.14. The lowest BCUT2D eigenvalue weighted by Gasteiger charge is -2.47. The highest BCUT2D eigenvalue weighted by atomic mass is 79.9. The molecule has 3 heterocycles. The van der Waals surface area contributed by atoms with Crippen LogP contribution >= 0.6 is 39.0 Å². The Balaban J connectivity index is 2.10. The van der Waals surface area contributed by atoms with Crippen molar-refractivity contribution < 1.29 is 29.3 Å². The molecule has 0 radical (unpaired) electrons. The van der Waals surface area contributed by atoms with E-state index in [1.165, 1.54) is 11.3 Å². The molecular formula is C14H14BrN3O6S2. The molecule has 0 unspecified atom stereocenters. The zero-order valence-electron chi connectivity index (χ0n) is 13.4. The molecule has 12 heteroatoms. The lowest BCUT2D eigenvalue weighted by atomic mass is 9.76. The lowest BCUT2D eigenvalue weighted by Crippen LogP contribution is -2.55. The summed E-state index contributed by atoms with van der Waals surface area (Å²) in [5.74, 6) is 0.225. The molecule has 0 aliphatic carbocycles. The summed E-state index contributed by atoms with van der Waals surface area (Å²) in [5, 5.41) is 20.6. The third-order valence-corrected chi connectivity index (χ3v) is 7.15. The Hall–Kier alpha value is -1.50. The summed E-state index contributed by atoms with van der Waals surface area (Å²) >= 11 is 5.64. The number of fused-ring (bicyclic) bond motifs is 1. The van der Waals surface area contributed by atoms with Crippen LogP contribution in [0.25, 0.3) is 0 Å². The van der Waals surface area contributed by atoms with Crippen molar-refractivity contribution in [3.8, 4) is 0 Å². The van der Waals surface area contributed by atoms with Gasteiger partial charge in [-0.15, -0.1) is 11.3 Å². The van der Waals surface area contributed by atoms with Gasteiger partial charge in [-0.2, -0.15) is 4.90 Å². The number of carboxylic acid groups (broad SMARTS) is 2. The average Bonchev–Trinajstić information content (AvgIpc) is 3.01. The summed E-state index contributed by atoms with van der Waals surface area (Å²) in [5.41, 5.74) is -2.00. The van der Waals surface area contributed by atoms with Gasteiger partial charge in [0.05, 0.1) is 6.61 Å². The fraction of sp³-hybridized carbons (Fsp3) is 0.500. The van der Waals surface area contributed by atoms with Gasteiger partial charge in [0.25, 0.3) is 0 Å². The van der Waals surface area contributed by atoms with Gasteiger partial charge in [0.1, 0.15) is 20.8 Å². The van der Waals surface area contributed by atoms with Crippen LogP contribution in [0.5, 0.6) is 0 Å². The molecule has 0 aromatic carbocycles. The van der Waals surface area contributed by atoms with Gasteiger partial charge in [-0.3, -0.25) is 0 Å². The van der Waals surface area contributed by atoms with Gasteiger partial charge in [0.2, 0.25) is 0 Å². The van der Waals surface area contributed by atoms with E-state index >= 15 is 0 Å². The standard InChI is InChI=1S/C14H14BrN3O6S2/c1-13(5-19)2-7-3-26-10(18(11(20)21)12(22)23)17-14(7,6-24-13)9-16-8(15)4-25-9/h4-5,7H,2-3,6H2,1H3,(H,20,21)(H,22,23)/t7-,13+,14-/m0/s1. The van der Waals surface area contributed by atoms with Crippen molar-refractivity contribution in [3.05, 3.63) is 15.0 Å². The number of amidine groups is 1. The number of hydrogen-bond donors (Lipinski definition) is 2. The van der Waals surface area contributed by atoms with Crippen LogP contribution in [0.15, 0.2) is 15.0 Å². The van der Waals surface area contributed by atoms with Crippen molar-refractivity contribution in [1.82, 2.24) is 9.88 Å². The number of aldehydes is 1. The van der Waals surface area contributed by atoms with Crippen LogP contribution in [0.4, 0.5) is 9.59 Å². The molecule has 3 atom stereocenters. The molecule has 0 spiro atoms. The van der Waals surface area contributed by atoms with Crippen molar-refractivity contribution >= 4 is 62.7 Å². The highest BCUT2D eigenvalue weighted by Gasteiger charge is 2.54. The van der Waals surface area contributed by atoms with E-state index in [1.54, 1.807) is 12.3 Å². The Labute approximate surface area is 164 Å². The largest absolute Gasteiger partial charge is 0.464 e. The van der Waals surface area contributed by atoms with Crippen molar-refractivity contribution in [2.45, 2.75) is 24.5 Å². The van der Waals surface area contributed by atoms with Gasteiger partial charge in [0, 0.05) is 17.1 Å². The molecule has 2 aliphatic rings. The third kappa shape index (κ3) is 3.26. The number of aromatic nitrogens is 1. The van der Waals surface area contributed by atoms with Gasteiger partial charge >= 0.3 is 12.2 Å². The Bertz CT molecular complexity index is 787. The van der Waals surface area contributed by atoms with Crippen molar-refractivity contribution in [1.29, 1.82) is 0 Å². The van der Waals surface area contributed by atoms with Gasteiger partial charge in [0.15, 0.2) is 11.5 Å². The molecule has 26 heavy (non-hydrogen) atoms. The zero-order valence-corrected chi connectivity index (χ0v) is 16.6. The lowest BCUT2D eigenvalue weighted by molar-refractivity contribution is -0.148. The number of ether oxygens (including phenoxy) is 1. The quantitative estimate of drug-likeness (QED) is 0.640. The van der Waals surface area contributed by atoms with Crippen LogP contribution in [-0.4, -0.2) is 61.7 Å². The summed E-state index contributed by atoms with van der Waals surface area (Å²) in [6.45, 7) is 1.69. The molecular weight excluding hydrogens is 450 g/mol. The smallest absolute Gasteiger partial charge is 0.423 e. The van der Waals surface area contributed by atoms with Crippen molar-refractivity contribution in [2.24, 2.45) is 10.9 Å². The topological polar surface area (TPSA) is 129 Å². The van der Waals surface area contributed by atoms with E-state index in [-0.39, 0.29) is 22.6 Å². The van der Waals surface area contributed by atoms with Gasteiger partial charge in [-0.25, -0.2) is 19.6 Å². The molecule has 3 rings (SSSR count). The van der Waals surface area contributed by atoms with Crippen molar-refractivity contribution in [2.75, 3.05) is 12.4 Å². The number of rotatable bonds is 2. The molecule has 2 amide bonds. The maximum absolute atomic E-state index is 11.4. The fourth-order valence-electron chi connectivity index (χ4n) is 2.99. The Morgan fingerprint density at radius 2 is 2.15 bits per heavy atom. The molecule has 1 aromatic heterocycles. The monoisotopic (exact) mass is 463 g/mol. The predicted molar refractivity (Wildman–Crippen MR) is 97.8 cm³/mol. The molecule has 0 saturated carbocycles. The number of carbonyl (C=O) groups is 3. The number of carbonyl (C=O) groups excluding carboxylic acids is 1. The minimum absolute atomic E-state index is 0.00397. The maximum Gasteiger partial charge on any atom is 0.423 e. The number of nitrogens with zero attached hydrogens (tertiary/aromatic N) is 3. The predicted octanol–water partition coefficient (Wildman–Crippen LogP) is 2.86. The van der Waals surface area contributed by atoms with E-state index in [0.717, 1.165) is 18.0 Å². The fourth-order valence-corrected chi connectivity index (χ4v) is 5.71. The highest BCUT2D eigenvalue weighted by Crippen LogP contribution is 2.49. The van der Waals surface area contributed by atoms with Crippen LogP contribution in [0.1, 0.15) is 18.4 Å². The first kappa shape index (κ1) is 19.3. The second-order valence-corrected chi connectivity index (χ2v) is 8.78. The first-order chi connectivity index (χ1) is 12.2. The van der Waals surface area contributed by atoms with E-state index in [1.807, 2.05) is 0 Å². The maximum atomic E-state index is 11.4. The summed E-state index contributed by atoms with van der Waals surface area (Å²) < 4.78 is 6.35. The highest BCUT2D eigenvalue weighted by molar-refractivity contribution is 9.10. The van der Waals surface area contributed by atoms with Gasteiger partial charge in [-0.1, -0.05) is 11.8 Å². The van der Waals surface area contributed by atoms with E-state index in [4.69, 9.17) is 4.74 Å². The second kappa shape index (κ2) is 6.91. The number of thioether (sulfide) groups is 1. The zero-order chi connectivity index (χ0) is 19.1. The number of halogens is 1. The molecule has 2 aliphatic heterocycles. The molecule has 140 valence electrons. The van der Waals surface area contributed by atoms with Gasteiger partial charge < -0.3 is 19.7 Å². The van der Waals surface area contributed by atoms with Crippen LogP contribution < -0.4 is 0 Å². The van der Waals surface area contributed by atoms with E-state index in [9.17, 15) is 24.6 Å². The number of amides is 2. The SMILES string of the molecule is C[C@]1(C=O)C[C@H]2CSC(N(C(=O)O)C(=O)O)=N[C@@]2(c2nc(Br)cs2)CO1. The van der Waals surface area contributed by atoms with Crippen LogP contribution in [0.2, 0.25) is 0 Å². The Morgan fingerprint density at radius 1 is 1.46 bits per heavy atom. The van der Waals surface area contributed by atoms with E-state index in [2.05, 4.69) is 25.9 Å². The first-order valence-corrected chi connectivity index (χ1v) is 10.1. The number of hydrogen-bond acceptors (Lipinski definition) is 8. The molecule has 0 bridgehead atoms. The van der Waals surface area contributed by atoms with E-state index in [0.29, 0.717) is 21.8 Å². The molecule has 1 aromatic rings. The van der Waals surface area contributed by atoms with E-state index < -0.39 is 23.3 Å². The average molecular weight is 464 g/mol. The Kier molecular flexibility index (Phi) is 5.12. The minimum Gasteiger partial charge on any atom is -0.464 e. The summed E-state index contributed by atoms with van der Waals surface area (Å²) in [6, 6.07) is 0. The number of imide groups is 1. The molecule has 2 N–H and O–H groups in total. The number of thiazole rings is 1. The summed E-state index contributed by atoms with van der Waals surface area (Å²) in [4.78, 5) is 43.2. The normalized spacial score (nSPS) is 30.8.